The van der Waals surface area contributed by atoms with Crippen LogP contribution in [0.25, 0.3) is 0 Å². The summed E-state index contributed by atoms with van der Waals surface area (Å²) >= 11 is 6.17. The van der Waals surface area contributed by atoms with Gasteiger partial charge in [0.2, 0.25) is 0 Å². The van der Waals surface area contributed by atoms with Gasteiger partial charge in [-0.15, -0.1) is 0 Å². The number of benzene rings is 1. The molecule has 0 saturated carbocycles. The Hall–Kier alpha value is -2.08. The molecule has 0 aliphatic carbocycles. The van der Waals surface area contributed by atoms with Crippen molar-refractivity contribution in [2.24, 2.45) is 0 Å². The molecular formula is C19H23ClFN3O2. The maximum Gasteiger partial charge on any atom is 0.317 e. The highest BCUT2D eigenvalue weighted by atomic mass is 35.5. The van der Waals surface area contributed by atoms with Crippen LogP contribution >= 0.6 is 11.6 Å². The average Bonchev–Trinajstić information content (AvgIpc) is 3.14. The molecule has 140 valence electrons. The zero-order chi connectivity index (χ0) is 18.7. The van der Waals surface area contributed by atoms with Crippen LogP contribution in [0.2, 0.25) is 5.02 Å². The number of nitrogens with zero attached hydrogens (tertiary/aromatic N) is 2. The summed E-state index contributed by atoms with van der Waals surface area (Å²) in [7, 11) is 0. The summed E-state index contributed by atoms with van der Waals surface area (Å²) in [6.07, 6.45) is 3.27. The Labute approximate surface area is 157 Å². The molecule has 0 radical (unpaired) electrons. The monoisotopic (exact) mass is 379 g/mol. The molecule has 0 spiro atoms. The third kappa shape index (κ3) is 4.01. The first-order valence-electron chi connectivity index (χ1n) is 8.76. The van der Waals surface area contributed by atoms with E-state index in [2.05, 4.69) is 10.5 Å². The lowest BCUT2D eigenvalue weighted by molar-refractivity contribution is 0.178. The molecule has 2 aromatic rings. The number of carbonyl (C=O) groups excluding carboxylic acids is 1. The minimum absolute atomic E-state index is 0.135. The van der Waals surface area contributed by atoms with Crippen LogP contribution in [0.15, 0.2) is 35.1 Å². The maximum atomic E-state index is 14.2. The van der Waals surface area contributed by atoms with Gasteiger partial charge in [0.15, 0.2) is 0 Å². The van der Waals surface area contributed by atoms with E-state index in [0.717, 1.165) is 18.5 Å². The molecule has 26 heavy (non-hydrogen) atoms. The van der Waals surface area contributed by atoms with E-state index >= 15 is 0 Å². The van der Waals surface area contributed by atoms with Gasteiger partial charge >= 0.3 is 6.03 Å². The van der Waals surface area contributed by atoms with E-state index in [-0.39, 0.29) is 11.8 Å². The highest BCUT2D eigenvalue weighted by Gasteiger charge is 2.30. The Morgan fingerprint density at radius 2 is 2.12 bits per heavy atom. The van der Waals surface area contributed by atoms with Gasteiger partial charge in [-0.05, 0) is 25.0 Å². The third-order valence-electron chi connectivity index (χ3n) is 4.98. The number of piperidine rings is 1. The SMILES string of the molecule is CC(C)(CNC(=O)N1CCC(c2ccon2)CC1)c1c(F)cccc1Cl. The quantitative estimate of drug-likeness (QED) is 0.859. The number of carbonyl (C=O) groups is 1. The molecule has 1 aliphatic heterocycles. The van der Waals surface area contributed by atoms with Crippen molar-refractivity contribution in [3.63, 3.8) is 0 Å². The van der Waals surface area contributed by atoms with Crippen LogP contribution in [0, 0.1) is 5.82 Å². The highest BCUT2D eigenvalue weighted by molar-refractivity contribution is 6.31. The highest BCUT2D eigenvalue weighted by Crippen LogP contribution is 2.32. The molecule has 2 amide bonds. The van der Waals surface area contributed by atoms with Crippen LogP contribution in [0.4, 0.5) is 9.18 Å². The van der Waals surface area contributed by atoms with E-state index in [0.29, 0.717) is 36.1 Å². The lowest BCUT2D eigenvalue weighted by atomic mass is 9.84. The van der Waals surface area contributed by atoms with E-state index in [1.165, 1.54) is 6.07 Å². The van der Waals surface area contributed by atoms with Gasteiger partial charge in [-0.2, -0.15) is 0 Å². The number of amides is 2. The topological polar surface area (TPSA) is 58.4 Å². The average molecular weight is 380 g/mol. The minimum Gasteiger partial charge on any atom is -0.365 e. The predicted octanol–water partition coefficient (Wildman–Crippen LogP) is 4.33. The minimum atomic E-state index is -0.614. The molecule has 1 fully saturated rings. The van der Waals surface area contributed by atoms with E-state index in [1.807, 2.05) is 19.9 Å². The first-order valence-corrected chi connectivity index (χ1v) is 9.14. The molecule has 3 rings (SSSR count). The fourth-order valence-electron chi connectivity index (χ4n) is 3.45. The molecule has 7 heteroatoms. The number of halogens is 2. The normalized spacial score (nSPS) is 15.9. The molecule has 0 unspecified atom stereocenters. The molecule has 1 aromatic heterocycles. The van der Waals surface area contributed by atoms with Crippen LogP contribution < -0.4 is 5.32 Å². The van der Waals surface area contributed by atoms with E-state index in [9.17, 15) is 9.18 Å². The standard InChI is InChI=1S/C19H23ClFN3O2/c1-19(2,17-14(20)4-3-5-15(17)21)12-22-18(25)24-9-6-13(7-10-24)16-8-11-26-23-16/h3-5,8,11,13H,6-7,9-10,12H2,1-2H3,(H,22,25). The summed E-state index contributed by atoms with van der Waals surface area (Å²) in [5.74, 6) is -0.0309. The molecular weight excluding hydrogens is 357 g/mol. The Morgan fingerprint density at radius 3 is 2.73 bits per heavy atom. The number of hydrogen-bond acceptors (Lipinski definition) is 3. The fourth-order valence-corrected chi connectivity index (χ4v) is 3.87. The molecule has 2 heterocycles. The molecule has 1 aliphatic rings. The summed E-state index contributed by atoms with van der Waals surface area (Å²) in [6.45, 7) is 5.35. The van der Waals surface area contributed by atoms with Gasteiger partial charge in [-0.3, -0.25) is 0 Å². The van der Waals surface area contributed by atoms with Crippen molar-refractivity contribution in [1.29, 1.82) is 0 Å². The van der Waals surface area contributed by atoms with E-state index < -0.39 is 5.41 Å². The Kier molecular flexibility index (Phi) is 5.51. The van der Waals surface area contributed by atoms with Crippen LogP contribution in [0.3, 0.4) is 0 Å². The smallest absolute Gasteiger partial charge is 0.317 e. The van der Waals surface area contributed by atoms with Gasteiger partial charge < -0.3 is 14.7 Å². The zero-order valence-corrected chi connectivity index (χ0v) is 15.7. The van der Waals surface area contributed by atoms with Gasteiger partial charge in [0.25, 0.3) is 0 Å². The number of rotatable bonds is 4. The van der Waals surface area contributed by atoms with Crippen molar-refractivity contribution in [1.82, 2.24) is 15.4 Å². The van der Waals surface area contributed by atoms with Crippen molar-refractivity contribution in [2.75, 3.05) is 19.6 Å². The molecule has 5 nitrogen and oxygen atoms in total. The summed E-state index contributed by atoms with van der Waals surface area (Å²) in [4.78, 5) is 14.3. The molecule has 0 atom stereocenters. The van der Waals surface area contributed by atoms with E-state index in [4.69, 9.17) is 16.1 Å². The van der Waals surface area contributed by atoms with Gasteiger partial charge in [0, 0.05) is 47.6 Å². The fraction of sp³-hybridized carbons (Fsp3) is 0.474. The Bertz CT molecular complexity index is 736. The van der Waals surface area contributed by atoms with Gasteiger partial charge in [0.05, 0.1) is 5.69 Å². The number of urea groups is 1. The first-order chi connectivity index (χ1) is 12.4. The lowest BCUT2D eigenvalue weighted by Crippen LogP contribution is -2.47. The zero-order valence-electron chi connectivity index (χ0n) is 15.0. The second kappa shape index (κ2) is 7.66. The number of nitrogens with one attached hydrogen (secondary N) is 1. The molecule has 1 saturated heterocycles. The van der Waals surface area contributed by atoms with Crippen LogP contribution in [-0.2, 0) is 5.41 Å². The Balaban J connectivity index is 1.56. The van der Waals surface area contributed by atoms with Gasteiger partial charge in [-0.25, -0.2) is 9.18 Å². The van der Waals surface area contributed by atoms with Crippen LogP contribution in [0.1, 0.15) is 43.9 Å². The van der Waals surface area contributed by atoms with Crippen molar-refractivity contribution in [3.8, 4) is 0 Å². The Morgan fingerprint density at radius 1 is 1.38 bits per heavy atom. The number of aromatic nitrogens is 1. The van der Waals surface area contributed by atoms with Crippen molar-refractivity contribution in [2.45, 2.75) is 38.0 Å². The van der Waals surface area contributed by atoms with E-state index in [1.54, 1.807) is 23.3 Å². The molecule has 1 N–H and O–H groups in total. The maximum absolute atomic E-state index is 14.2. The molecule has 0 bridgehead atoms. The second-order valence-corrected chi connectivity index (χ2v) is 7.73. The largest absolute Gasteiger partial charge is 0.365 e. The van der Waals surface area contributed by atoms with Crippen LogP contribution in [0.5, 0.6) is 0 Å². The second-order valence-electron chi connectivity index (χ2n) is 7.32. The number of likely N-dealkylation sites (tertiary alicyclic amines) is 1. The summed E-state index contributed by atoms with van der Waals surface area (Å²) < 4.78 is 19.1. The molecule has 1 aromatic carbocycles. The number of hydrogen-bond donors (Lipinski definition) is 1. The summed E-state index contributed by atoms with van der Waals surface area (Å²) in [5.41, 5.74) is 0.754. The van der Waals surface area contributed by atoms with Crippen molar-refractivity contribution in [3.05, 3.63) is 52.6 Å². The van der Waals surface area contributed by atoms with Crippen molar-refractivity contribution >= 4 is 17.6 Å². The van der Waals surface area contributed by atoms with Gasteiger partial charge in [0.1, 0.15) is 12.1 Å². The summed E-state index contributed by atoms with van der Waals surface area (Å²) in [6, 6.07) is 6.37. The third-order valence-corrected chi connectivity index (χ3v) is 5.29. The summed E-state index contributed by atoms with van der Waals surface area (Å²) in [5, 5.41) is 7.28. The lowest BCUT2D eigenvalue weighted by Gasteiger charge is -2.33. The van der Waals surface area contributed by atoms with Gasteiger partial charge in [-0.1, -0.05) is 36.7 Å². The predicted molar refractivity (Wildman–Crippen MR) is 97.9 cm³/mol. The van der Waals surface area contributed by atoms with Crippen molar-refractivity contribution < 1.29 is 13.7 Å². The first kappa shape index (κ1) is 18.7. The van der Waals surface area contributed by atoms with Crippen LogP contribution in [-0.4, -0.2) is 35.7 Å².